The number of likely N-dealkylation sites (N-methyl/N-ethyl adjacent to an activating group) is 1. The van der Waals surface area contributed by atoms with Crippen LogP contribution in [0.3, 0.4) is 0 Å². The number of carbonyl (C=O) groups excluding carboxylic acids is 1. The van der Waals surface area contributed by atoms with Gasteiger partial charge < -0.3 is 16.4 Å². The van der Waals surface area contributed by atoms with E-state index in [1.54, 1.807) is 6.92 Å². The Hall–Kier alpha value is -0.650. The van der Waals surface area contributed by atoms with Crippen LogP contribution in [0.4, 0.5) is 0 Å². The highest BCUT2D eigenvalue weighted by atomic mass is 16.1. The van der Waals surface area contributed by atoms with Crippen molar-refractivity contribution in [3.63, 3.8) is 0 Å². The summed E-state index contributed by atoms with van der Waals surface area (Å²) in [5.74, 6) is -0.409. The molecule has 1 aliphatic heterocycles. The molecule has 1 fully saturated rings. The van der Waals surface area contributed by atoms with Crippen LogP contribution in [0.25, 0.3) is 0 Å². The molecule has 0 bridgehead atoms. The van der Waals surface area contributed by atoms with Crippen LogP contribution in [0.2, 0.25) is 0 Å². The molecule has 19 heavy (non-hydrogen) atoms. The number of hydrogen-bond acceptors (Lipinski definition) is 4. The van der Waals surface area contributed by atoms with Gasteiger partial charge in [-0.25, -0.2) is 0 Å². The summed E-state index contributed by atoms with van der Waals surface area (Å²) < 4.78 is 0. The van der Waals surface area contributed by atoms with Gasteiger partial charge in [-0.3, -0.25) is 9.69 Å². The SMILES string of the molecule is CN1CCN(CCCCC(C)(N)C(N)=O)CC1(C)C. The van der Waals surface area contributed by atoms with Gasteiger partial charge in [0.25, 0.3) is 0 Å². The lowest BCUT2D eigenvalue weighted by Gasteiger charge is -2.45. The maximum absolute atomic E-state index is 11.1. The molecule has 0 spiro atoms. The van der Waals surface area contributed by atoms with Crippen LogP contribution >= 0.6 is 0 Å². The number of rotatable bonds is 6. The van der Waals surface area contributed by atoms with Crippen LogP contribution in [0.1, 0.15) is 40.0 Å². The second kappa shape index (κ2) is 6.20. The van der Waals surface area contributed by atoms with Crippen molar-refractivity contribution in [2.75, 3.05) is 33.2 Å². The molecule has 1 aliphatic rings. The van der Waals surface area contributed by atoms with E-state index in [4.69, 9.17) is 11.5 Å². The zero-order valence-electron chi connectivity index (χ0n) is 12.9. The standard InChI is InChI=1S/C14H30N4O/c1-13(2)11-18(10-9-17(13)4)8-6-5-7-14(3,16)12(15)19/h5-11,16H2,1-4H3,(H2,15,19). The first kappa shape index (κ1) is 16.4. The maximum Gasteiger partial charge on any atom is 0.237 e. The molecule has 1 unspecified atom stereocenters. The highest BCUT2D eigenvalue weighted by Gasteiger charge is 2.30. The highest BCUT2D eigenvalue weighted by molar-refractivity contribution is 5.83. The van der Waals surface area contributed by atoms with Gasteiger partial charge >= 0.3 is 0 Å². The van der Waals surface area contributed by atoms with E-state index in [0.29, 0.717) is 6.42 Å². The first-order valence-corrected chi connectivity index (χ1v) is 7.17. The number of carbonyl (C=O) groups is 1. The number of piperazine rings is 1. The number of nitrogens with two attached hydrogens (primary N) is 2. The molecule has 5 heteroatoms. The lowest BCUT2D eigenvalue weighted by Crippen LogP contribution is -2.57. The van der Waals surface area contributed by atoms with E-state index >= 15 is 0 Å². The van der Waals surface area contributed by atoms with Gasteiger partial charge in [0.1, 0.15) is 0 Å². The zero-order valence-corrected chi connectivity index (χ0v) is 12.9. The molecule has 0 aliphatic carbocycles. The average Bonchev–Trinajstić information content (AvgIpc) is 2.28. The third-order valence-corrected chi connectivity index (χ3v) is 4.38. The summed E-state index contributed by atoms with van der Waals surface area (Å²) in [5.41, 5.74) is 10.5. The molecule has 5 nitrogen and oxygen atoms in total. The summed E-state index contributed by atoms with van der Waals surface area (Å²) in [4.78, 5) is 16.0. The highest BCUT2D eigenvalue weighted by Crippen LogP contribution is 2.19. The predicted octanol–water partition coefficient (Wildman–Crippen LogP) is 0.385. The Kier molecular flexibility index (Phi) is 5.35. The fraction of sp³-hybridized carbons (Fsp3) is 0.929. The van der Waals surface area contributed by atoms with Crippen molar-refractivity contribution >= 4 is 5.91 Å². The summed E-state index contributed by atoms with van der Waals surface area (Å²) >= 11 is 0. The minimum atomic E-state index is -0.860. The van der Waals surface area contributed by atoms with Crippen molar-refractivity contribution < 1.29 is 4.79 Å². The summed E-state index contributed by atoms with van der Waals surface area (Å²) in [6.45, 7) is 10.7. The number of primary amides is 1. The van der Waals surface area contributed by atoms with Crippen molar-refractivity contribution in [2.24, 2.45) is 11.5 Å². The molecule has 0 radical (unpaired) electrons. The van der Waals surface area contributed by atoms with Crippen LogP contribution in [-0.4, -0.2) is 60.0 Å². The second-order valence-corrected chi connectivity index (χ2v) is 6.75. The van der Waals surface area contributed by atoms with E-state index in [0.717, 1.165) is 39.0 Å². The molecule has 1 amide bonds. The van der Waals surface area contributed by atoms with Gasteiger partial charge in [0.2, 0.25) is 5.91 Å². The Labute approximate surface area is 117 Å². The van der Waals surface area contributed by atoms with Gasteiger partial charge in [0.05, 0.1) is 5.54 Å². The summed E-state index contributed by atoms with van der Waals surface area (Å²) in [6.07, 6.45) is 2.68. The normalized spacial score (nSPS) is 24.1. The van der Waals surface area contributed by atoms with Crippen LogP contribution in [0.15, 0.2) is 0 Å². The lowest BCUT2D eigenvalue weighted by molar-refractivity contribution is -0.122. The topological polar surface area (TPSA) is 75.6 Å². The van der Waals surface area contributed by atoms with Crippen LogP contribution < -0.4 is 11.5 Å². The fourth-order valence-electron chi connectivity index (χ4n) is 2.48. The summed E-state index contributed by atoms with van der Waals surface area (Å²) in [5, 5.41) is 0. The van der Waals surface area contributed by atoms with Crippen LogP contribution in [-0.2, 0) is 4.79 Å². The van der Waals surface area contributed by atoms with E-state index in [1.807, 2.05) is 0 Å². The Balaban J connectivity index is 2.26. The van der Waals surface area contributed by atoms with Gasteiger partial charge in [-0.1, -0.05) is 0 Å². The third kappa shape index (κ3) is 4.75. The fourth-order valence-corrected chi connectivity index (χ4v) is 2.48. The molecular weight excluding hydrogens is 240 g/mol. The molecule has 1 heterocycles. The average molecular weight is 270 g/mol. The number of hydrogen-bond donors (Lipinski definition) is 2. The smallest absolute Gasteiger partial charge is 0.237 e. The van der Waals surface area contributed by atoms with E-state index < -0.39 is 11.4 Å². The molecule has 112 valence electrons. The van der Waals surface area contributed by atoms with E-state index in [1.165, 1.54) is 0 Å². The molecule has 0 saturated carbocycles. The van der Waals surface area contributed by atoms with Gasteiger partial charge in [-0.05, 0) is 53.6 Å². The van der Waals surface area contributed by atoms with E-state index in [2.05, 4.69) is 30.7 Å². The zero-order chi connectivity index (χ0) is 14.7. The minimum absolute atomic E-state index is 0.244. The summed E-state index contributed by atoms with van der Waals surface area (Å²) in [7, 11) is 2.18. The van der Waals surface area contributed by atoms with E-state index in [9.17, 15) is 4.79 Å². The van der Waals surface area contributed by atoms with Gasteiger partial charge in [0, 0.05) is 25.2 Å². The van der Waals surface area contributed by atoms with Crippen molar-refractivity contribution in [2.45, 2.75) is 51.1 Å². The van der Waals surface area contributed by atoms with E-state index in [-0.39, 0.29) is 5.54 Å². The molecule has 0 aromatic carbocycles. The Morgan fingerprint density at radius 1 is 1.32 bits per heavy atom. The number of amides is 1. The van der Waals surface area contributed by atoms with Crippen LogP contribution in [0, 0.1) is 0 Å². The molecule has 1 saturated heterocycles. The molecule has 4 N–H and O–H groups in total. The molecular formula is C14H30N4O. The Morgan fingerprint density at radius 2 is 1.95 bits per heavy atom. The quantitative estimate of drug-likeness (QED) is 0.685. The van der Waals surface area contributed by atoms with Gasteiger partial charge in [-0.2, -0.15) is 0 Å². The monoisotopic (exact) mass is 270 g/mol. The lowest BCUT2D eigenvalue weighted by atomic mass is 9.95. The maximum atomic E-state index is 11.1. The van der Waals surface area contributed by atoms with Crippen molar-refractivity contribution in [3.8, 4) is 0 Å². The molecule has 1 rings (SSSR count). The van der Waals surface area contributed by atoms with Crippen LogP contribution in [0.5, 0.6) is 0 Å². The Bertz CT molecular complexity index is 315. The number of nitrogens with zero attached hydrogens (tertiary/aromatic N) is 2. The minimum Gasteiger partial charge on any atom is -0.368 e. The van der Waals surface area contributed by atoms with Gasteiger partial charge in [0.15, 0.2) is 0 Å². The molecule has 0 aromatic heterocycles. The summed E-state index contributed by atoms with van der Waals surface area (Å²) in [6, 6.07) is 0. The first-order chi connectivity index (χ1) is 8.65. The van der Waals surface area contributed by atoms with Gasteiger partial charge in [-0.15, -0.1) is 0 Å². The molecule has 0 aromatic rings. The predicted molar refractivity (Wildman–Crippen MR) is 78.8 cm³/mol. The number of unbranched alkanes of at least 4 members (excludes halogenated alkanes) is 1. The molecule has 1 atom stereocenters. The van der Waals surface area contributed by atoms with Crippen molar-refractivity contribution in [1.82, 2.24) is 9.80 Å². The second-order valence-electron chi connectivity index (χ2n) is 6.75. The Morgan fingerprint density at radius 3 is 2.47 bits per heavy atom. The van der Waals surface area contributed by atoms with Crippen molar-refractivity contribution in [1.29, 1.82) is 0 Å². The first-order valence-electron chi connectivity index (χ1n) is 7.17. The third-order valence-electron chi connectivity index (χ3n) is 4.38. The largest absolute Gasteiger partial charge is 0.368 e. The van der Waals surface area contributed by atoms with Crippen molar-refractivity contribution in [3.05, 3.63) is 0 Å².